The molecule has 10 nitrogen and oxygen atoms in total. The molecule has 1 saturated heterocycles. The SMILES string of the molecule is COc1cccc(OC)c1C(=O)NN1C[C@H](C(=O)OCC(=O)N[C@@H](C)c2ccccc2)CC1=O. The highest BCUT2D eigenvalue weighted by molar-refractivity contribution is 6.01. The molecule has 34 heavy (non-hydrogen) atoms. The minimum atomic E-state index is -0.813. The van der Waals surface area contributed by atoms with Crippen molar-refractivity contribution in [3.8, 4) is 11.5 Å². The van der Waals surface area contributed by atoms with Crippen LogP contribution in [0.2, 0.25) is 0 Å². The number of carbonyl (C=O) groups excluding carboxylic acids is 4. The molecule has 180 valence electrons. The average molecular weight is 469 g/mol. The second-order valence-electron chi connectivity index (χ2n) is 7.69. The Morgan fingerprint density at radius 1 is 1.03 bits per heavy atom. The number of amides is 3. The Hall–Kier alpha value is -4.08. The van der Waals surface area contributed by atoms with Crippen molar-refractivity contribution in [2.45, 2.75) is 19.4 Å². The van der Waals surface area contributed by atoms with Crippen LogP contribution in [-0.2, 0) is 19.1 Å². The predicted octanol–water partition coefficient (Wildman–Crippen LogP) is 1.62. The molecule has 1 fully saturated rings. The molecule has 0 saturated carbocycles. The third-order valence-electron chi connectivity index (χ3n) is 5.37. The van der Waals surface area contributed by atoms with Gasteiger partial charge in [0.05, 0.1) is 32.7 Å². The van der Waals surface area contributed by atoms with Crippen LogP contribution in [0.3, 0.4) is 0 Å². The van der Waals surface area contributed by atoms with Gasteiger partial charge in [0, 0.05) is 6.42 Å². The number of rotatable bonds is 9. The number of benzene rings is 2. The lowest BCUT2D eigenvalue weighted by Gasteiger charge is -2.19. The van der Waals surface area contributed by atoms with Crippen LogP contribution in [0.5, 0.6) is 11.5 Å². The molecule has 0 unspecified atom stereocenters. The largest absolute Gasteiger partial charge is 0.496 e. The number of ether oxygens (including phenoxy) is 3. The number of hydrazine groups is 1. The fraction of sp³-hybridized carbons (Fsp3) is 0.333. The first-order valence-corrected chi connectivity index (χ1v) is 10.7. The summed E-state index contributed by atoms with van der Waals surface area (Å²) in [5.41, 5.74) is 3.53. The normalized spacial score (nSPS) is 15.9. The van der Waals surface area contributed by atoms with E-state index in [4.69, 9.17) is 14.2 Å². The highest BCUT2D eigenvalue weighted by Gasteiger charge is 2.37. The molecule has 2 aromatic rings. The van der Waals surface area contributed by atoms with Crippen LogP contribution in [-0.4, -0.2) is 56.1 Å². The van der Waals surface area contributed by atoms with Crippen molar-refractivity contribution in [2.24, 2.45) is 5.92 Å². The van der Waals surface area contributed by atoms with Gasteiger partial charge in [0.15, 0.2) is 6.61 Å². The first-order valence-electron chi connectivity index (χ1n) is 10.7. The van der Waals surface area contributed by atoms with E-state index in [1.54, 1.807) is 18.2 Å². The number of carbonyl (C=O) groups is 4. The Morgan fingerprint density at radius 3 is 2.29 bits per heavy atom. The highest BCUT2D eigenvalue weighted by Crippen LogP contribution is 2.28. The molecule has 0 radical (unpaired) electrons. The van der Waals surface area contributed by atoms with Crippen molar-refractivity contribution < 1.29 is 33.4 Å². The van der Waals surface area contributed by atoms with E-state index in [1.807, 2.05) is 37.3 Å². The van der Waals surface area contributed by atoms with Crippen LogP contribution in [0, 0.1) is 5.92 Å². The van der Waals surface area contributed by atoms with E-state index in [0.29, 0.717) is 0 Å². The Balaban J connectivity index is 1.53. The smallest absolute Gasteiger partial charge is 0.311 e. The fourth-order valence-electron chi connectivity index (χ4n) is 3.59. The summed E-state index contributed by atoms with van der Waals surface area (Å²) >= 11 is 0. The van der Waals surface area contributed by atoms with E-state index in [1.165, 1.54) is 14.2 Å². The van der Waals surface area contributed by atoms with Crippen LogP contribution < -0.4 is 20.2 Å². The summed E-state index contributed by atoms with van der Waals surface area (Å²) < 4.78 is 15.5. The number of nitrogens with zero attached hydrogens (tertiary/aromatic N) is 1. The zero-order chi connectivity index (χ0) is 24.7. The van der Waals surface area contributed by atoms with E-state index in [9.17, 15) is 19.2 Å². The van der Waals surface area contributed by atoms with Crippen molar-refractivity contribution >= 4 is 23.7 Å². The van der Waals surface area contributed by atoms with Gasteiger partial charge in [-0.3, -0.25) is 29.6 Å². The molecule has 2 N–H and O–H groups in total. The predicted molar refractivity (Wildman–Crippen MR) is 121 cm³/mol. The minimum Gasteiger partial charge on any atom is -0.496 e. The van der Waals surface area contributed by atoms with Crippen LogP contribution >= 0.6 is 0 Å². The topological polar surface area (TPSA) is 123 Å². The van der Waals surface area contributed by atoms with Crippen molar-refractivity contribution in [2.75, 3.05) is 27.4 Å². The molecule has 0 spiro atoms. The third kappa shape index (κ3) is 5.83. The average Bonchev–Trinajstić information content (AvgIpc) is 3.22. The lowest BCUT2D eigenvalue weighted by atomic mass is 10.1. The molecule has 3 rings (SSSR count). The maximum absolute atomic E-state index is 12.8. The molecule has 0 bridgehead atoms. The molecule has 1 aliphatic heterocycles. The van der Waals surface area contributed by atoms with E-state index in [2.05, 4.69) is 10.7 Å². The number of nitrogens with one attached hydrogen (secondary N) is 2. The monoisotopic (exact) mass is 469 g/mol. The summed E-state index contributed by atoms with van der Waals surface area (Å²) in [7, 11) is 2.82. The lowest BCUT2D eigenvalue weighted by Crippen LogP contribution is -2.43. The van der Waals surface area contributed by atoms with E-state index in [-0.39, 0.29) is 36.1 Å². The Bertz CT molecular complexity index is 1040. The maximum atomic E-state index is 12.8. The summed E-state index contributed by atoms with van der Waals surface area (Å²) in [5.74, 6) is -2.49. The Morgan fingerprint density at radius 2 is 1.68 bits per heavy atom. The van der Waals surface area contributed by atoms with Crippen LogP contribution in [0.1, 0.15) is 35.3 Å². The van der Waals surface area contributed by atoms with E-state index < -0.39 is 36.2 Å². The van der Waals surface area contributed by atoms with E-state index >= 15 is 0 Å². The first kappa shape index (κ1) is 24.6. The second-order valence-corrected chi connectivity index (χ2v) is 7.69. The maximum Gasteiger partial charge on any atom is 0.311 e. The Kier molecular flexibility index (Phi) is 8.07. The number of methoxy groups -OCH3 is 2. The number of hydrogen-bond donors (Lipinski definition) is 2. The van der Waals surface area contributed by atoms with Gasteiger partial charge >= 0.3 is 5.97 Å². The van der Waals surface area contributed by atoms with Crippen molar-refractivity contribution in [1.29, 1.82) is 0 Å². The molecular weight excluding hydrogens is 442 g/mol. The molecule has 0 aliphatic carbocycles. The van der Waals surface area contributed by atoms with Gasteiger partial charge in [-0.1, -0.05) is 36.4 Å². The van der Waals surface area contributed by atoms with Crippen LogP contribution in [0.25, 0.3) is 0 Å². The summed E-state index contributed by atoms with van der Waals surface area (Å²) in [5, 5.41) is 3.80. The molecule has 1 heterocycles. The fourth-order valence-corrected chi connectivity index (χ4v) is 3.59. The quantitative estimate of drug-likeness (QED) is 0.535. The molecule has 10 heteroatoms. The van der Waals surface area contributed by atoms with Gasteiger partial charge in [-0.2, -0.15) is 0 Å². The third-order valence-corrected chi connectivity index (χ3v) is 5.37. The summed E-state index contributed by atoms with van der Waals surface area (Å²) in [6.07, 6.45) is -0.149. The van der Waals surface area contributed by atoms with Gasteiger partial charge in [0.1, 0.15) is 17.1 Å². The number of hydrogen-bond acceptors (Lipinski definition) is 7. The molecule has 2 atom stereocenters. The first-order chi connectivity index (χ1) is 16.3. The zero-order valence-corrected chi connectivity index (χ0v) is 19.2. The lowest BCUT2D eigenvalue weighted by molar-refractivity contribution is -0.152. The summed E-state index contributed by atoms with van der Waals surface area (Å²) in [6.45, 7) is 1.27. The summed E-state index contributed by atoms with van der Waals surface area (Å²) in [6, 6.07) is 14.0. The minimum absolute atomic E-state index is 0.0804. The van der Waals surface area contributed by atoms with Crippen molar-refractivity contribution in [3.63, 3.8) is 0 Å². The standard InChI is InChI=1S/C24H27N3O7/c1-15(16-8-5-4-6-9-16)25-20(28)14-34-24(31)17-12-21(29)27(13-17)26-23(30)22-18(32-2)10-7-11-19(22)33-3/h4-11,15,17H,12-14H2,1-3H3,(H,25,28)(H,26,30)/t15-,17+/m0/s1. The van der Waals surface area contributed by atoms with Gasteiger partial charge < -0.3 is 19.5 Å². The zero-order valence-electron chi connectivity index (χ0n) is 19.2. The van der Waals surface area contributed by atoms with Gasteiger partial charge in [-0.15, -0.1) is 0 Å². The second kappa shape index (κ2) is 11.2. The molecular formula is C24H27N3O7. The molecule has 0 aromatic heterocycles. The van der Waals surface area contributed by atoms with Gasteiger partial charge in [-0.05, 0) is 24.6 Å². The highest BCUT2D eigenvalue weighted by atomic mass is 16.5. The summed E-state index contributed by atoms with van der Waals surface area (Å²) in [4.78, 5) is 49.7. The van der Waals surface area contributed by atoms with Crippen LogP contribution in [0.4, 0.5) is 0 Å². The molecule has 3 amide bonds. The Labute approximate surface area is 197 Å². The number of esters is 1. The molecule has 2 aromatic carbocycles. The van der Waals surface area contributed by atoms with E-state index in [0.717, 1.165) is 10.6 Å². The van der Waals surface area contributed by atoms with Gasteiger partial charge in [0.25, 0.3) is 11.8 Å². The van der Waals surface area contributed by atoms with Crippen molar-refractivity contribution in [1.82, 2.24) is 15.8 Å². The van der Waals surface area contributed by atoms with Gasteiger partial charge in [0.2, 0.25) is 5.91 Å². The van der Waals surface area contributed by atoms with Crippen LogP contribution in [0.15, 0.2) is 48.5 Å². The van der Waals surface area contributed by atoms with Crippen molar-refractivity contribution in [3.05, 3.63) is 59.7 Å². The van der Waals surface area contributed by atoms with Gasteiger partial charge in [-0.25, -0.2) is 0 Å². The molecule has 1 aliphatic rings.